The van der Waals surface area contributed by atoms with Crippen molar-refractivity contribution in [2.24, 2.45) is 0 Å². The van der Waals surface area contributed by atoms with Crippen molar-refractivity contribution in [2.75, 3.05) is 16.8 Å². The van der Waals surface area contributed by atoms with Gasteiger partial charge in [0.1, 0.15) is 5.25 Å². The Balaban J connectivity index is 1.79. The smallest absolute Gasteiger partial charge is 0.337 e. The van der Waals surface area contributed by atoms with Crippen LogP contribution in [-0.4, -0.2) is 40.4 Å². The molecule has 1 aliphatic rings. The molecule has 0 aliphatic carbocycles. The Labute approximate surface area is 172 Å². The highest BCUT2D eigenvalue weighted by atomic mass is 32.2. The number of thioether (sulfide) groups is 1. The van der Waals surface area contributed by atoms with Crippen LogP contribution in [0.2, 0.25) is 0 Å². The predicted molar refractivity (Wildman–Crippen MR) is 112 cm³/mol. The topological polar surface area (TPSA) is 95.0 Å². The zero-order valence-corrected chi connectivity index (χ0v) is 17.0. The fraction of sp³-hybridized carbons (Fsp3) is 0.238. The summed E-state index contributed by atoms with van der Waals surface area (Å²) >= 11 is 0.815. The Morgan fingerprint density at radius 1 is 1.14 bits per heavy atom. The van der Waals surface area contributed by atoms with Crippen molar-refractivity contribution in [3.05, 3.63) is 59.2 Å². The average molecular weight is 412 g/mol. The maximum atomic E-state index is 12.8. The van der Waals surface area contributed by atoms with Gasteiger partial charge in [-0.25, -0.2) is 9.69 Å². The van der Waals surface area contributed by atoms with Crippen LogP contribution in [0.15, 0.2) is 42.5 Å². The molecule has 0 aromatic heterocycles. The minimum absolute atomic E-state index is 0.0123. The van der Waals surface area contributed by atoms with Crippen LogP contribution in [-0.2, 0) is 9.59 Å². The number of imide groups is 1. The highest BCUT2D eigenvalue weighted by molar-refractivity contribution is 8.15. The van der Waals surface area contributed by atoms with Gasteiger partial charge >= 0.3 is 5.97 Å². The molecule has 150 valence electrons. The van der Waals surface area contributed by atoms with Crippen LogP contribution >= 0.6 is 11.8 Å². The predicted octanol–water partition coefficient (Wildman–Crippen LogP) is 3.62. The van der Waals surface area contributed by atoms with Crippen molar-refractivity contribution in [1.82, 2.24) is 0 Å². The van der Waals surface area contributed by atoms with Gasteiger partial charge in [-0.3, -0.25) is 14.4 Å². The van der Waals surface area contributed by atoms with Crippen molar-refractivity contribution >= 4 is 46.2 Å². The Morgan fingerprint density at radius 3 is 2.48 bits per heavy atom. The summed E-state index contributed by atoms with van der Waals surface area (Å²) in [5.41, 5.74) is 2.55. The summed E-state index contributed by atoms with van der Waals surface area (Å²) in [5.74, 6) is -2.04. The van der Waals surface area contributed by atoms with Crippen LogP contribution in [0.3, 0.4) is 0 Å². The number of carbonyl (C=O) groups is 4. The number of benzene rings is 2. The van der Waals surface area contributed by atoms with Gasteiger partial charge in [-0.2, -0.15) is 0 Å². The lowest BCUT2D eigenvalue weighted by atomic mass is 10.1. The van der Waals surface area contributed by atoms with Crippen LogP contribution in [0.4, 0.5) is 16.2 Å². The molecule has 1 unspecified atom stereocenters. The summed E-state index contributed by atoms with van der Waals surface area (Å²) < 4.78 is 0. The van der Waals surface area contributed by atoms with Crippen molar-refractivity contribution in [3.8, 4) is 0 Å². The maximum Gasteiger partial charge on any atom is 0.337 e. The summed E-state index contributed by atoms with van der Waals surface area (Å²) in [4.78, 5) is 51.7. The van der Waals surface area contributed by atoms with Gasteiger partial charge in [0.2, 0.25) is 11.8 Å². The molecule has 2 aromatic rings. The molecule has 0 spiro atoms. The first kappa shape index (κ1) is 20.6. The lowest BCUT2D eigenvalue weighted by molar-refractivity contribution is -0.122. The van der Waals surface area contributed by atoms with E-state index in [0.29, 0.717) is 5.69 Å². The van der Waals surface area contributed by atoms with Crippen molar-refractivity contribution in [3.63, 3.8) is 0 Å². The summed E-state index contributed by atoms with van der Waals surface area (Å²) in [7, 11) is 1.46. The van der Waals surface area contributed by atoms with Gasteiger partial charge in [-0.15, -0.1) is 0 Å². The number of nitrogens with zero attached hydrogens (tertiary/aromatic N) is 2. The lowest BCUT2D eigenvalue weighted by Crippen LogP contribution is -2.35. The number of anilines is 2. The monoisotopic (exact) mass is 412 g/mol. The van der Waals surface area contributed by atoms with Gasteiger partial charge < -0.3 is 10.0 Å². The molecule has 1 fully saturated rings. The third-order valence-corrected chi connectivity index (χ3v) is 5.78. The van der Waals surface area contributed by atoms with E-state index in [4.69, 9.17) is 0 Å². The van der Waals surface area contributed by atoms with Crippen molar-refractivity contribution < 1.29 is 24.3 Å². The number of para-hydroxylation sites is 1. The van der Waals surface area contributed by atoms with Gasteiger partial charge in [0, 0.05) is 13.5 Å². The fourth-order valence-corrected chi connectivity index (χ4v) is 4.21. The van der Waals surface area contributed by atoms with E-state index < -0.39 is 28.3 Å². The van der Waals surface area contributed by atoms with Crippen molar-refractivity contribution in [2.45, 2.75) is 25.5 Å². The van der Waals surface area contributed by atoms with Crippen LogP contribution in [0, 0.1) is 13.8 Å². The van der Waals surface area contributed by atoms with Crippen LogP contribution < -0.4 is 9.80 Å². The molecule has 1 heterocycles. The lowest BCUT2D eigenvalue weighted by Gasteiger charge is -2.21. The maximum absolute atomic E-state index is 12.8. The zero-order chi connectivity index (χ0) is 21.3. The summed E-state index contributed by atoms with van der Waals surface area (Å²) in [6, 6.07) is 11.6. The molecular weight excluding hydrogens is 392 g/mol. The van der Waals surface area contributed by atoms with E-state index in [9.17, 15) is 24.3 Å². The number of hydrogen-bond acceptors (Lipinski definition) is 5. The van der Waals surface area contributed by atoms with Crippen LogP contribution in [0.5, 0.6) is 0 Å². The van der Waals surface area contributed by atoms with E-state index in [2.05, 4.69) is 0 Å². The number of hydrogen-bond donors (Lipinski definition) is 1. The second-order valence-corrected chi connectivity index (χ2v) is 7.97. The second-order valence-electron chi connectivity index (χ2n) is 6.82. The number of amides is 3. The third-order valence-electron chi connectivity index (χ3n) is 4.74. The van der Waals surface area contributed by atoms with Crippen LogP contribution in [0.25, 0.3) is 0 Å². The average Bonchev–Trinajstić information content (AvgIpc) is 2.94. The number of carboxylic acids is 1. The molecule has 0 radical (unpaired) electrons. The van der Waals surface area contributed by atoms with E-state index in [1.807, 2.05) is 26.0 Å². The first-order chi connectivity index (χ1) is 13.7. The molecule has 29 heavy (non-hydrogen) atoms. The number of aromatic carboxylic acids is 1. The first-order valence-corrected chi connectivity index (χ1v) is 9.79. The molecule has 3 rings (SSSR count). The largest absolute Gasteiger partial charge is 0.478 e. The molecule has 2 aromatic carbocycles. The third kappa shape index (κ3) is 4.02. The standard InChI is InChI=1S/C21H20N2O5S/c1-12-8-9-15(13(2)10-12)23-19(25)17(29-21(23)28)11-18(24)22(3)16-7-5-4-6-14(16)20(26)27/h4-10,17H,11H2,1-3H3,(H,26,27). The molecule has 7 nitrogen and oxygen atoms in total. The quantitative estimate of drug-likeness (QED) is 0.806. The molecule has 3 amide bonds. The highest BCUT2D eigenvalue weighted by Gasteiger charge is 2.42. The van der Waals surface area contributed by atoms with Crippen LogP contribution in [0.1, 0.15) is 27.9 Å². The number of carbonyl (C=O) groups excluding carboxylic acids is 3. The van der Waals surface area contributed by atoms with Gasteiger partial charge in [0.25, 0.3) is 5.24 Å². The van der Waals surface area contributed by atoms with Crippen molar-refractivity contribution in [1.29, 1.82) is 0 Å². The molecule has 8 heteroatoms. The Hall–Kier alpha value is -3.13. The normalized spacial score (nSPS) is 16.2. The molecular formula is C21H20N2O5S. The molecule has 1 saturated heterocycles. The van der Waals surface area contributed by atoms with E-state index >= 15 is 0 Å². The molecule has 0 bridgehead atoms. The molecule has 1 atom stereocenters. The van der Waals surface area contributed by atoms with E-state index in [1.54, 1.807) is 18.2 Å². The van der Waals surface area contributed by atoms with Gasteiger partial charge in [0.15, 0.2) is 0 Å². The number of aryl methyl sites for hydroxylation is 2. The molecule has 1 aliphatic heterocycles. The Morgan fingerprint density at radius 2 is 1.83 bits per heavy atom. The summed E-state index contributed by atoms with van der Waals surface area (Å²) in [6.07, 6.45) is -0.207. The van der Waals surface area contributed by atoms with Gasteiger partial charge in [0.05, 0.1) is 16.9 Å². The van der Waals surface area contributed by atoms with E-state index in [0.717, 1.165) is 27.8 Å². The van der Waals surface area contributed by atoms with E-state index in [-0.39, 0.29) is 17.7 Å². The summed E-state index contributed by atoms with van der Waals surface area (Å²) in [5, 5.41) is 8.04. The Bertz CT molecular complexity index is 1020. The highest BCUT2D eigenvalue weighted by Crippen LogP contribution is 2.35. The first-order valence-electron chi connectivity index (χ1n) is 8.91. The molecule has 1 N–H and O–H groups in total. The minimum Gasteiger partial charge on any atom is -0.478 e. The van der Waals surface area contributed by atoms with Gasteiger partial charge in [-0.05, 0) is 49.4 Å². The fourth-order valence-electron chi connectivity index (χ4n) is 3.24. The number of rotatable bonds is 5. The number of carboxylic acid groups (broad SMARTS) is 1. The zero-order valence-electron chi connectivity index (χ0n) is 16.2. The second kappa shape index (κ2) is 8.08. The van der Waals surface area contributed by atoms with E-state index in [1.165, 1.54) is 24.1 Å². The Kier molecular flexibility index (Phi) is 5.74. The SMILES string of the molecule is Cc1ccc(N2C(=O)SC(CC(=O)N(C)c3ccccc3C(=O)O)C2=O)c(C)c1. The minimum atomic E-state index is -1.15. The summed E-state index contributed by atoms with van der Waals surface area (Å²) in [6.45, 7) is 3.74. The van der Waals surface area contributed by atoms with Gasteiger partial charge in [-0.1, -0.05) is 29.8 Å². The molecule has 0 saturated carbocycles.